The van der Waals surface area contributed by atoms with E-state index in [1.807, 2.05) is 36.4 Å². The number of rotatable bonds is 6. The Kier molecular flexibility index (Phi) is 4.93. The number of non-ortho nitro benzene ring substituents is 1. The minimum absolute atomic E-state index is 0.0624. The number of ether oxygens (including phenoxy) is 1. The molecule has 0 radical (unpaired) electrons. The molecule has 0 saturated carbocycles. The summed E-state index contributed by atoms with van der Waals surface area (Å²) in [5, 5.41) is 27.9. The predicted octanol–water partition coefficient (Wildman–Crippen LogP) is 4.11. The Bertz CT molecular complexity index is 1060. The maximum absolute atomic E-state index is 11.1. The van der Waals surface area contributed by atoms with E-state index in [1.54, 1.807) is 7.11 Å². The van der Waals surface area contributed by atoms with Crippen LogP contribution in [-0.2, 0) is 0 Å². The standard InChI is InChI=1S/C18H14N4O5/c1-27-16-6-4-13-8-12(2-3-14(13)9-16)11-19-20-17-7-5-15(21(23)24)10-18(17)22(25)26/h2-11,20H,1H3/b19-11-. The van der Waals surface area contributed by atoms with Gasteiger partial charge in [-0.3, -0.25) is 25.7 Å². The van der Waals surface area contributed by atoms with Crippen molar-refractivity contribution in [1.82, 2.24) is 0 Å². The number of benzene rings is 3. The van der Waals surface area contributed by atoms with Crippen molar-refractivity contribution in [3.05, 3.63) is 80.4 Å². The molecule has 1 N–H and O–H groups in total. The molecule has 0 aliphatic heterocycles. The predicted molar refractivity (Wildman–Crippen MR) is 101 cm³/mol. The smallest absolute Gasteiger partial charge is 0.301 e. The maximum Gasteiger partial charge on any atom is 0.301 e. The first kappa shape index (κ1) is 17.8. The summed E-state index contributed by atoms with van der Waals surface area (Å²) in [7, 11) is 1.60. The van der Waals surface area contributed by atoms with E-state index in [0.717, 1.165) is 28.2 Å². The molecule has 3 aromatic rings. The quantitative estimate of drug-likeness (QED) is 0.398. The lowest BCUT2D eigenvalue weighted by Crippen LogP contribution is -1.98. The summed E-state index contributed by atoms with van der Waals surface area (Å²) in [6, 6.07) is 14.7. The molecule has 9 nitrogen and oxygen atoms in total. The fourth-order valence-electron chi connectivity index (χ4n) is 2.51. The maximum atomic E-state index is 11.1. The second kappa shape index (κ2) is 7.48. The van der Waals surface area contributed by atoms with Gasteiger partial charge in [0.05, 0.1) is 29.2 Å². The van der Waals surface area contributed by atoms with E-state index < -0.39 is 15.5 Å². The van der Waals surface area contributed by atoms with Crippen LogP contribution in [0.15, 0.2) is 59.7 Å². The Morgan fingerprint density at radius 1 is 0.963 bits per heavy atom. The minimum Gasteiger partial charge on any atom is -0.497 e. The Balaban J connectivity index is 1.82. The van der Waals surface area contributed by atoms with Gasteiger partial charge >= 0.3 is 5.69 Å². The molecule has 0 atom stereocenters. The van der Waals surface area contributed by atoms with Gasteiger partial charge in [0.15, 0.2) is 0 Å². The molecule has 0 spiro atoms. The van der Waals surface area contributed by atoms with Crippen molar-refractivity contribution >= 4 is 34.0 Å². The lowest BCUT2D eigenvalue weighted by atomic mass is 10.1. The fraction of sp³-hybridized carbons (Fsp3) is 0.0556. The van der Waals surface area contributed by atoms with E-state index in [4.69, 9.17) is 4.74 Å². The van der Waals surface area contributed by atoms with E-state index >= 15 is 0 Å². The number of fused-ring (bicyclic) bond motifs is 1. The molecule has 27 heavy (non-hydrogen) atoms. The van der Waals surface area contributed by atoms with Crippen LogP contribution in [0.2, 0.25) is 0 Å². The molecule has 0 bridgehead atoms. The van der Waals surface area contributed by atoms with Gasteiger partial charge in [0.1, 0.15) is 11.4 Å². The van der Waals surface area contributed by atoms with Crippen molar-refractivity contribution in [2.75, 3.05) is 12.5 Å². The molecule has 3 rings (SSSR count). The zero-order valence-electron chi connectivity index (χ0n) is 14.2. The molecule has 136 valence electrons. The van der Waals surface area contributed by atoms with Crippen LogP contribution >= 0.6 is 0 Å². The summed E-state index contributed by atoms with van der Waals surface area (Å²) in [6.07, 6.45) is 1.51. The van der Waals surface area contributed by atoms with Crippen molar-refractivity contribution in [3.63, 3.8) is 0 Å². The average molecular weight is 366 g/mol. The second-order valence-corrected chi connectivity index (χ2v) is 5.56. The SMILES string of the molecule is COc1ccc2cc(/C=N\Nc3ccc([N+](=O)[O-])cc3[N+](=O)[O-])ccc2c1. The van der Waals surface area contributed by atoms with Crippen LogP contribution in [0.3, 0.4) is 0 Å². The number of nitro benzene ring substituents is 2. The number of nitrogens with one attached hydrogen (secondary N) is 1. The van der Waals surface area contributed by atoms with Crippen LogP contribution in [0.25, 0.3) is 10.8 Å². The molecule has 0 unspecified atom stereocenters. The molecule has 0 aromatic heterocycles. The van der Waals surface area contributed by atoms with Crippen molar-refractivity contribution in [2.24, 2.45) is 5.10 Å². The molecular formula is C18H14N4O5. The summed E-state index contributed by atoms with van der Waals surface area (Å²) in [6.45, 7) is 0. The first-order chi connectivity index (χ1) is 13.0. The van der Waals surface area contributed by atoms with Gasteiger partial charge in [-0.05, 0) is 40.6 Å². The highest BCUT2D eigenvalue weighted by atomic mass is 16.6. The highest BCUT2D eigenvalue weighted by molar-refractivity contribution is 5.91. The van der Waals surface area contributed by atoms with E-state index in [-0.39, 0.29) is 11.4 Å². The van der Waals surface area contributed by atoms with Gasteiger partial charge in [-0.25, -0.2) is 0 Å². The molecule has 0 aliphatic rings. The number of nitro groups is 2. The summed E-state index contributed by atoms with van der Waals surface area (Å²) in [5.41, 5.74) is 2.62. The molecule has 9 heteroatoms. The molecule has 0 saturated heterocycles. The van der Waals surface area contributed by atoms with Gasteiger partial charge in [-0.15, -0.1) is 0 Å². The van der Waals surface area contributed by atoms with Crippen molar-refractivity contribution in [2.45, 2.75) is 0 Å². The number of nitrogens with zero attached hydrogens (tertiary/aromatic N) is 3. The first-order valence-electron chi connectivity index (χ1n) is 7.77. The normalized spacial score (nSPS) is 10.9. The van der Waals surface area contributed by atoms with Gasteiger partial charge < -0.3 is 4.74 Å². The molecule has 0 fully saturated rings. The molecular weight excluding hydrogens is 352 g/mol. The number of hydrogen-bond acceptors (Lipinski definition) is 7. The third kappa shape index (κ3) is 3.98. The summed E-state index contributed by atoms with van der Waals surface area (Å²) in [5.74, 6) is 0.760. The Hall–Kier alpha value is -4.01. The Morgan fingerprint density at radius 3 is 2.41 bits per heavy atom. The van der Waals surface area contributed by atoms with E-state index in [2.05, 4.69) is 10.5 Å². The van der Waals surface area contributed by atoms with Crippen molar-refractivity contribution in [1.29, 1.82) is 0 Å². The van der Waals surface area contributed by atoms with Crippen LogP contribution in [0, 0.1) is 20.2 Å². The number of hydrogen-bond donors (Lipinski definition) is 1. The molecule has 3 aromatic carbocycles. The van der Waals surface area contributed by atoms with Gasteiger partial charge in [0.2, 0.25) is 0 Å². The van der Waals surface area contributed by atoms with E-state index in [0.29, 0.717) is 0 Å². The molecule has 0 aliphatic carbocycles. The van der Waals surface area contributed by atoms with Crippen LogP contribution < -0.4 is 10.2 Å². The average Bonchev–Trinajstić information content (AvgIpc) is 2.67. The minimum atomic E-state index is -0.700. The number of hydrazone groups is 1. The molecule has 0 amide bonds. The lowest BCUT2D eigenvalue weighted by molar-refractivity contribution is -0.393. The number of anilines is 1. The molecule has 0 heterocycles. The van der Waals surface area contributed by atoms with Gasteiger partial charge in [0, 0.05) is 6.07 Å². The largest absolute Gasteiger partial charge is 0.497 e. The topological polar surface area (TPSA) is 120 Å². The zero-order valence-corrected chi connectivity index (χ0v) is 14.2. The van der Waals surface area contributed by atoms with Gasteiger partial charge in [-0.1, -0.05) is 18.2 Å². The lowest BCUT2D eigenvalue weighted by Gasteiger charge is -2.04. The zero-order chi connectivity index (χ0) is 19.4. The third-order valence-corrected chi connectivity index (χ3v) is 3.86. The number of methoxy groups -OCH3 is 1. The highest BCUT2D eigenvalue weighted by Gasteiger charge is 2.19. The fourth-order valence-corrected chi connectivity index (χ4v) is 2.51. The Morgan fingerprint density at radius 2 is 1.70 bits per heavy atom. The summed E-state index contributed by atoms with van der Waals surface area (Å²) >= 11 is 0. The first-order valence-corrected chi connectivity index (χ1v) is 7.77. The second-order valence-electron chi connectivity index (χ2n) is 5.56. The monoisotopic (exact) mass is 366 g/mol. The van der Waals surface area contributed by atoms with E-state index in [1.165, 1.54) is 18.3 Å². The Labute approximate surface area is 153 Å². The van der Waals surface area contributed by atoms with E-state index in [9.17, 15) is 20.2 Å². The highest BCUT2D eigenvalue weighted by Crippen LogP contribution is 2.29. The van der Waals surface area contributed by atoms with Gasteiger partial charge in [-0.2, -0.15) is 5.10 Å². The van der Waals surface area contributed by atoms with Crippen LogP contribution in [0.1, 0.15) is 5.56 Å². The van der Waals surface area contributed by atoms with Crippen LogP contribution in [0.5, 0.6) is 5.75 Å². The van der Waals surface area contributed by atoms with Crippen molar-refractivity contribution < 1.29 is 14.6 Å². The summed E-state index contributed by atoms with van der Waals surface area (Å²) in [4.78, 5) is 20.5. The van der Waals surface area contributed by atoms with Crippen LogP contribution in [0.4, 0.5) is 17.1 Å². The third-order valence-electron chi connectivity index (χ3n) is 3.86. The van der Waals surface area contributed by atoms with Crippen molar-refractivity contribution in [3.8, 4) is 5.75 Å². The van der Waals surface area contributed by atoms with Gasteiger partial charge in [0.25, 0.3) is 5.69 Å². The van der Waals surface area contributed by atoms with Crippen LogP contribution in [-0.4, -0.2) is 23.2 Å². The summed E-state index contributed by atoms with van der Waals surface area (Å²) < 4.78 is 5.19.